The first kappa shape index (κ1) is 17.1. The molecule has 1 heterocycles. The van der Waals surface area contributed by atoms with Gasteiger partial charge in [-0.1, -0.05) is 43.3 Å². The van der Waals surface area contributed by atoms with Crippen molar-refractivity contribution in [3.05, 3.63) is 69.8 Å². The Bertz CT molecular complexity index is 930. The van der Waals surface area contributed by atoms with Crippen LogP contribution < -0.4 is 0 Å². The van der Waals surface area contributed by atoms with E-state index < -0.39 is 43.5 Å². The topological polar surface area (TPSA) is 90.2 Å². The van der Waals surface area contributed by atoms with Gasteiger partial charge >= 0.3 is 0 Å². The highest BCUT2D eigenvalue weighted by molar-refractivity contribution is 5.42. The van der Waals surface area contributed by atoms with Crippen LogP contribution in [0.5, 0.6) is 0 Å². The van der Waals surface area contributed by atoms with E-state index in [1.54, 1.807) is 0 Å². The zero-order chi connectivity index (χ0) is 21.6. The van der Waals surface area contributed by atoms with Crippen molar-refractivity contribution >= 4 is 0 Å². The number of ether oxygens (including phenoxy) is 1. The molecule has 2 aliphatic rings. The Morgan fingerprint density at radius 3 is 2.50 bits per heavy atom. The molecule has 4 N–H and O–H groups in total. The maximum atomic E-state index is 10.5. The average molecular weight is 386 g/mol. The summed E-state index contributed by atoms with van der Waals surface area (Å²) >= 11 is 0. The van der Waals surface area contributed by atoms with Crippen LogP contribution in [0.1, 0.15) is 49.1 Å². The first-order chi connectivity index (χ1) is 14.2. The van der Waals surface area contributed by atoms with Gasteiger partial charge in [-0.05, 0) is 59.0 Å². The molecule has 5 heteroatoms. The second-order valence-corrected chi connectivity index (χ2v) is 7.65. The van der Waals surface area contributed by atoms with Crippen molar-refractivity contribution in [2.24, 2.45) is 0 Å². The predicted octanol–water partition coefficient (Wildman–Crippen LogP) is 1.45. The SMILES string of the molecule is [2H]C1([2H])Cc2cc(Cc3cc([C@@H]4O[C@H](CO)[C@@H](O)[C@H](O)[C@H]4O)ccc3CC)ccc21. The van der Waals surface area contributed by atoms with Gasteiger partial charge in [-0.15, -0.1) is 0 Å². The molecule has 5 atom stereocenters. The lowest BCUT2D eigenvalue weighted by atomic mass is 9.85. The molecule has 0 aromatic heterocycles. The third kappa shape index (κ3) is 3.49. The smallest absolute Gasteiger partial charge is 0.113 e. The van der Waals surface area contributed by atoms with Gasteiger partial charge in [0.15, 0.2) is 0 Å². The quantitative estimate of drug-likeness (QED) is 0.625. The predicted molar refractivity (Wildman–Crippen MR) is 105 cm³/mol. The summed E-state index contributed by atoms with van der Waals surface area (Å²) in [6.45, 7) is 1.61. The van der Waals surface area contributed by atoms with E-state index in [2.05, 4.69) is 13.0 Å². The molecule has 2 aromatic carbocycles. The fourth-order valence-corrected chi connectivity index (χ4v) is 4.09. The van der Waals surface area contributed by atoms with Crippen molar-refractivity contribution in [1.82, 2.24) is 0 Å². The molecule has 1 fully saturated rings. The first-order valence-corrected chi connectivity index (χ1v) is 9.79. The summed E-state index contributed by atoms with van der Waals surface area (Å²) in [6, 6.07) is 11.6. The fraction of sp³-hybridized carbons (Fsp3) is 0.478. The monoisotopic (exact) mass is 386 g/mol. The normalized spacial score (nSPS) is 32.1. The molecule has 1 aliphatic carbocycles. The van der Waals surface area contributed by atoms with Crippen molar-refractivity contribution in [1.29, 1.82) is 0 Å². The van der Waals surface area contributed by atoms with Crippen molar-refractivity contribution < 1.29 is 27.9 Å². The summed E-state index contributed by atoms with van der Waals surface area (Å²) in [5.41, 5.74) is 5.79. The molecule has 0 bridgehead atoms. The van der Waals surface area contributed by atoms with Gasteiger partial charge in [0, 0.05) is 2.74 Å². The molecule has 150 valence electrons. The summed E-state index contributed by atoms with van der Waals surface area (Å²) in [5, 5.41) is 40.0. The molecule has 0 unspecified atom stereocenters. The fourth-order valence-electron chi connectivity index (χ4n) is 4.09. The van der Waals surface area contributed by atoms with Crippen LogP contribution in [0.15, 0.2) is 36.4 Å². The van der Waals surface area contributed by atoms with Crippen LogP contribution in [-0.2, 0) is 30.4 Å². The molecule has 0 amide bonds. The molecule has 1 saturated heterocycles. The van der Waals surface area contributed by atoms with Gasteiger partial charge in [0.25, 0.3) is 0 Å². The Balaban J connectivity index is 1.62. The number of hydrogen-bond acceptors (Lipinski definition) is 5. The minimum absolute atomic E-state index is 0.432. The van der Waals surface area contributed by atoms with Crippen LogP contribution in [0.4, 0.5) is 0 Å². The van der Waals surface area contributed by atoms with Crippen LogP contribution in [0.3, 0.4) is 0 Å². The Labute approximate surface area is 168 Å². The summed E-state index contributed by atoms with van der Waals surface area (Å²) in [7, 11) is 0. The number of aliphatic hydroxyl groups excluding tert-OH is 4. The highest BCUT2D eigenvalue weighted by Crippen LogP contribution is 2.34. The Hall–Kier alpha value is -1.76. The number of rotatable bonds is 5. The lowest BCUT2D eigenvalue weighted by Crippen LogP contribution is -2.55. The van der Waals surface area contributed by atoms with Crippen molar-refractivity contribution in [3.8, 4) is 0 Å². The highest BCUT2D eigenvalue weighted by atomic mass is 16.5. The second kappa shape index (κ2) is 7.93. The minimum Gasteiger partial charge on any atom is -0.394 e. The van der Waals surface area contributed by atoms with Gasteiger partial charge in [-0.2, -0.15) is 0 Å². The Morgan fingerprint density at radius 2 is 1.82 bits per heavy atom. The maximum absolute atomic E-state index is 10.5. The third-order valence-corrected chi connectivity index (χ3v) is 5.87. The van der Waals surface area contributed by atoms with E-state index in [4.69, 9.17) is 7.48 Å². The molecular weight excluding hydrogens is 356 g/mol. The minimum atomic E-state index is -1.40. The number of hydrogen-bond donors (Lipinski definition) is 4. The number of aliphatic hydroxyl groups is 4. The lowest BCUT2D eigenvalue weighted by Gasteiger charge is -2.40. The van der Waals surface area contributed by atoms with Crippen molar-refractivity contribution in [2.75, 3.05) is 6.61 Å². The standard InChI is InChI=1S/C23H28O5/c1-2-14-5-8-17(23-22(27)21(26)20(25)19(12-24)28-23)11-18(14)10-13-3-4-15-6-7-16(15)9-13/h3-5,8-9,11,19-27H,2,6-7,10,12H2,1H3/t19-,20-,21+,22-,23+/m1/s1/i6D2. The number of fused-ring (bicyclic) bond motifs is 1. The zero-order valence-corrected chi connectivity index (χ0v) is 15.9. The van der Waals surface area contributed by atoms with Crippen LogP contribution in [0.25, 0.3) is 0 Å². The number of benzene rings is 2. The van der Waals surface area contributed by atoms with Gasteiger partial charge in [0.1, 0.15) is 30.5 Å². The van der Waals surface area contributed by atoms with Crippen LogP contribution in [0.2, 0.25) is 0 Å². The summed E-state index contributed by atoms with van der Waals surface area (Å²) in [5.74, 6) is 0. The average Bonchev–Trinajstić information content (AvgIpc) is 2.71. The van der Waals surface area contributed by atoms with Gasteiger partial charge in [-0.3, -0.25) is 0 Å². The maximum Gasteiger partial charge on any atom is 0.113 e. The van der Waals surface area contributed by atoms with Gasteiger partial charge in [0.2, 0.25) is 0 Å². The van der Waals surface area contributed by atoms with E-state index in [1.165, 1.54) is 0 Å². The Kier molecular flexibility index (Phi) is 4.85. The molecule has 0 spiro atoms. The third-order valence-electron chi connectivity index (χ3n) is 5.87. The molecule has 0 radical (unpaired) electrons. The number of aryl methyl sites for hydroxylation is 3. The van der Waals surface area contributed by atoms with Gasteiger partial charge < -0.3 is 25.2 Å². The summed E-state index contributed by atoms with van der Waals surface area (Å²) < 4.78 is 21.5. The van der Waals surface area contributed by atoms with Gasteiger partial charge in [-0.25, -0.2) is 0 Å². The molecule has 5 nitrogen and oxygen atoms in total. The molecule has 0 saturated carbocycles. The molecule has 2 aromatic rings. The van der Waals surface area contributed by atoms with E-state index in [-0.39, 0.29) is 0 Å². The van der Waals surface area contributed by atoms with Gasteiger partial charge in [0.05, 0.1) is 6.61 Å². The van der Waals surface area contributed by atoms with Crippen LogP contribution in [-0.4, -0.2) is 51.4 Å². The van der Waals surface area contributed by atoms with E-state index in [9.17, 15) is 20.4 Å². The molecule has 28 heavy (non-hydrogen) atoms. The second-order valence-electron chi connectivity index (χ2n) is 7.65. The van der Waals surface area contributed by atoms with Crippen molar-refractivity contribution in [3.63, 3.8) is 0 Å². The van der Waals surface area contributed by atoms with Crippen LogP contribution in [0, 0.1) is 0 Å². The van der Waals surface area contributed by atoms with E-state index in [1.807, 2.05) is 30.3 Å². The summed E-state index contributed by atoms with van der Waals surface area (Å²) in [4.78, 5) is 0. The van der Waals surface area contributed by atoms with E-state index in [0.29, 0.717) is 18.4 Å². The summed E-state index contributed by atoms with van der Waals surface area (Å²) in [6.07, 6.45) is -5.19. The molecule has 1 aliphatic heterocycles. The Morgan fingerprint density at radius 1 is 1.00 bits per heavy atom. The lowest BCUT2D eigenvalue weighted by molar-refractivity contribution is -0.231. The van der Waals surface area contributed by atoms with E-state index >= 15 is 0 Å². The molecular formula is C23H28O5. The first-order valence-electron chi connectivity index (χ1n) is 10.8. The van der Waals surface area contributed by atoms with Crippen LogP contribution >= 0.6 is 0 Å². The largest absolute Gasteiger partial charge is 0.394 e. The van der Waals surface area contributed by atoms with E-state index in [0.717, 1.165) is 34.2 Å². The molecule has 4 rings (SSSR count). The van der Waals surface area contributed by atoms with Crippen molar-refractivity contribution in [2.45, 2.75) is 63.1 Å². The highest BCUT2D eigenvalue weighted by Gasteiger charge is 2.44. The zero-order valence-electron chi connectivity index (χ0n) is 17.9.